The minimum Gasteiger partial charge on any atom is -0.476 e. The van der Waals surface area contributed by atoms with E-state index in [2.05, 4.69) is 20.8 Å². The molecule has 184 valence electrons. The molecule has 0 bridgehead atoms. The zero-order chi connectivity index (χ0) is 23.3. The number of hydroxylamine groups is 2. The number of aliphatic carboxylic acids is 1. The zero-order valence-corrected chi connectivity index (χ0v) is 20.3. The molecule has 4 aliphatic carbocycles. The predicted octanol–water partition coefficient (Wildman–Crippen LogP) is 4.87. The molecule has 0 radical (unpaired) electrons. The Morgan fingerprint density at radius 3 is 2.44 bits per heavy atom. The maximum absolute atomic E-state index is 10.9. The van der Waals surface area contributed by atoms with Crippen LogP contribution in [-0.2, 0) is 4.79 Å². The molecule has 4 aliphatic rings. The van der Waals surface area contributed by atoms with Gasteiger partial charge in [0.05, 0.1) is 0 Å². The van der Waals surface area contributed by atoms with Crippen LogP contribution in [0.1, 0.15) is 97.8 Å². The van der Waals surface area contributed by atoms with E-state index in [1.165, 1.54) is 64.2 Å². The van der Waals surface area contributed by atoms with Gasteiger partial charge in [0.25, 0.3) is 0 Å². The van der Waals surface area contributed by atoms with Crippen LogP contribution in [0.3, 0.4) is 0 Å². The zero-order valence-electron chi connectivity index (χ0n) is 20.3. The van der Waals surface area contributed by atoms with Crippen LogP contribution < -0.4 is 0 Å². The summed E-state index contributed by atoms with van der Waals surface area (Å²) in [6.07, 6.45) is 15.3. The lowest BCUT2D eigenvalue weighted by Gasteiger charge is -2.61. The molecular formula is C26H45NO5. The van der Waals surface area contributed by atoms with Gasteiger partial charge in [-0.15, -0.1) is 5.06 Å². The number of carbonyl (C=O) groups is 1. The normalized spacial score (nSPS) is 42.8. The first kappa shape index (κ1) is 24.4. The van der Waals surface area contributed by atoms with Crippen molar-refractivity contribution in [3.63, 3.8) is 0 Å². The summed E-state index contributed by atoms with van der Waals surface area (Å²) in [5, 5.41) is 37.7. The molecule has 0 aliphatic heterocycles. The Hall–Kier alpha value is -0.690. The Bertz CT molecular complexity index is 698. The van der Waals surface area contributed by atoms with Gasteiger partial charge in [-0.1, -0.05) is 33.6 Å². The molecule has 4 N–H and O–H groups in total. The first-order valence-electron chi connectivity index (χ1n) is 13.2. The Balaban J connectivity index is 1.38. The van der Waals surface area contributed by atoms with Crippen LogP contribution in [-0.4, -0.2) is 44.0 Å². The lowest BCUT2D eigenvalue weighted by Crippen LogP contribution is -2.53. The van der Waals surface area contributed by atoms with E-state index in [9.17, 15) is 20.2 Å². The molecule has 0 aromatic heterocycles. The highest BCUT2D eigenvalue weighted by Crippen LogP contribution is 2.68. The van der Waals surface area contributed by atoms with E-state index in [4.69, 9.17) is 5.11 Å². The van der Waals surface area contributed by atoms with E-state index in [0.29, 0.717) is 29.1 Å². The fourth-order valence-electron chi connectivity index (χ4n) is 9.30. The molecule has 0 spiro atoms. The molecular weight excluding hydrogens is 406 g/mol. The lowest BCUT2D eigenvalue weighted by atomic mass is 9.44. The minimum absolute atomic E-state index is 0.0685. The number of carboxylic acid groups (broad SMARTS) is 1. The van der Waals surface area contributed by atoms with Crippen LogP contribution >= 0.6 is 0 Å². The SMILES string of the molecule is C[C@H](CCCN(O)C(O)(O)C(=O)O)[C@H]1CC[C@H]2[C@@H]3CCC4CCCC[C@]4(C)[C@H]3CC[C@]12C. The monoisotopic (exact) mass is 451 g/mol. The Labute approximate surface area is 193 Å². The number of nitrogens with zero attached hydrogens (tertiary/aromatic N) is 1. The van der Waals surface area contributed by atoms with Crippen LogP contribution in [0.5, 0.6) is 0 Å². The minimum atomic E-state index is -3.22. The van der Waals surface area contributed by atoms with E-state index in [1.54, 1.807) is 0 Å². The molecule has 0 heterocycles. The maximum atomic E-state index is 10.9. The van der Waals surface area contributed by atoms with Crippen LogP contribution in [0, 0.1) is 46.3 Å². The highest BCUT2D eigenvalue weighted by molar-refractivity contribution is 5.74. The number of fused-ring (bicyclic) bond motifs is 5. The lowest BCUT2D eigenvalue weighted by molar-refractivity contribution is -0.346. The van der Waals surface area contributed by atoms with Crippen LogP contribution in [0.15, 0.2) is 0 Å². The van der Waals surface area contributed by atoms with Gasteiger partial charge in [-0.25, -0.2) is 4.79 Å². The molecule has 0 aromatic rings. The summed E-state index contributed by atoms with van der Waals surface area (Å²) in [5.41, 5.74) is 0.956. The van der Waals surface area contributed by atoms with Gasteiger partial charge >= 0.3 is 11.9 Å². The average molecular weight is 452 g/mol. The molecule has 8 atom stereocenters. The Morgan fingerprint density at radius 1 is 1.00 bits per heavy atom. The fraction of sp³-hybridized carbons (Fsp3) is 0.962. The maximum Gasteiger partial charge on any atom is 0.383 e. The van der Waals surface area contributed by atoms with Crippen LogP contribution in [0.2, 0.25) is 0 Å². The summed E-state index contributed by atoms with van der Waals surface area (Å²) in [6, 6.07) is 0. The quantitative estimate of drug-likeness (QED) is 0.326. The van der Waals surface area contributed by atoms with Crippen molar-refractivity contribution in [2.75, 3.05) is 6.54 Å². The van der Waals surface area contributed by atoms with E-state index < -0.39 is 11.9 Å². The molecule has 0 saturated heterocycles. The highest BCUT2D eigenvalue weighted by atomic mass is 16.7. The standard InChI is InChI=1S/C26H45NO5/c1-17(7-6-16-27(32)26(30,31)23(28)29)20-11-12-21-19-10-9-18-8-4-5-14-24(18,2)22(19)13-15-25(20,21)3/h17-22,30-32H,4-16H2,1-3H3,(H,28,29)/t17-,18?,19+,20-,21+,22+,24+,25-/m1/s1. The van der Waals surface area contributed by atoms with E-state index in [1.807, 2.05) is 0 Å². The number of carboxylic acids is 1. The van der Waals surface area contributed by atoms with E-state index in [-0.39, 0.29) is 11.6 Å². The van der Waals surface area contributed by atoms with Crippen molar-refractivity contribution in [3.8, 4) is 0 Å². The van der Waals surface area contributed by atoms with Crippen molar-refractivity contribution >= 4 is 5.97 Å². The third-order valence-electron chi connectivity index (χ3n) is 11.0. The highest BCUT2D eigenvalue weighted by Gasteiger charge is 2.60. The number of aliphatic hydroxyl groups is 2. The number of hydrogen-bond donors (Lipinski definition) is 4. The fourth-order valence-corrected chi connectivity index (χ4v) is 9.30. The van der Waals surface area contributed by atoms with Gasteiger partial charge in [0.15, 0.2) is 0 Å². The summed E-state index contributed by atoms with van der Waals surface area (Å²) in [5.74, 6) is -0.365. The van der Waals surface area contributed by atoms with Crippen molar-refractivity contribution in [2.24, 2.45) is 46.3 Å². The van der Waals surface area contributed by atoms with Crippen LogP contribution in [0.4, 0.5) is 0 Å². The second-order valence-corrected chi connectivity index (χ2v) is 12.3. The topological polar surface area (TPSA) is 101 Å². The molecule has 6 nitrogen and oxygen atoms in total. The van der Waals surface area contributed by atoms with Crippen molar-refractivity contribution < 1.29 is 25.3 Å². The van der Waals surface area contributed by atoms with Crippen molar-refractivity contribution in [2.45, 2.75) is 104 Å². The molecule has 4 saturated carbocycles. The Kier molecular flexibility index (Phi) is 6.74. The summed E-state index contributed by atoms with van der Waals surface area (Å²) in [7, 11) is 0. The van der Waals surface area contributed by atoms with Crippen LogP contribution in [0.25, 0.3) is 0 Å². The third kappa shape index (κ3) is 3.93. The summed E-state index contributed by atoms with van der Waals surface area (Å²) in [4.78, 5) is 10.9. The molecule has 6 heteroatoms. The average Bonchev–Trinajstić information content (AvgIpc) is 3.10. The summed E-state index contributed by atoms with van der Waals surface area (Å²) in [6.45, 7) is 7.41. The van der Waals surface area contributed by atoms with Gasteiger partial charge in [-0.2, -0.15) is 0 Å². The van der Waals surface area contributed by atoms with E-state index >= 15 is 0 Å². The molecule has 32 heavy (non-hydrogen) atoms. The second kappa shape index (κ2) is 8.83. The largest absolute Gasteiger partial charge is 0.476 e. The molecule has 1 unspecified atom stereocenters. The van der Waals surface area contributed by atoms with E-state index in [0.717, 1.165) is 30.1 Å². The van der Waals surface area contributed by atoms with Gasteiger partial charge in [0.1, 0.15) is 0 Å². The smallest absolute Gasteiger partial charge is 0.383 e. The second-order valence-electron chi connectivity index (χ2n) is 12.3. The first-order valence-corrected chi connectivity index (χ1v) is 13.2. The van der Waals surface area contributed by atoms with Gasteiger partial charge in [-0.3, -0.25) is 0 Å². The van der Waals surface area contributed by atoms with Gasteiger partial charge in [0, 0.05) is 6.54 Å². The van der Waals surface area contributed by atoms with Gasteiger partial charge in [0.2, 0.25) is 0 Å². The molecule has 0 aromatic carbocycles. The van der Waals surface area contributed by atoms with Gasteiger partial charge in [-0.05, 0) is 111 Å². The number of rotatable bonds is 7. The summed E-state index contributed by atoms with van der Waals surface area (Å²) < 4.78 is 0. The molecule has 4 fully saturated rings. The van der Waals surface area contributed by atoms with Crippen molar-refractivity contribution in [1.82, 2.24) is 5.06 Å². The molecule has 4 rings (SSSR count). The third-order valence-corrected chi connectivity index (χ3v) is 11.0. The Morgan fingerprint density at radius 2 is 1.72 bits per heavy atom. The van der Waals surface area contributed by atoms with Crippen molar-refractivity contribution in [1.29, 1.82) is 0 Å². The summed E-state index contributed by atoms with van der Waals surface area (Å²) >= 11 is 0. The van der Waals surface area contributed by atoms with Crippen molar-refractivity contribution in [3.05, 3.63) is 0 Å². The number of hydrogen-bond acceptors (Lipinski definition) is 5. The first-order chi connectivity index (χ1) is 15.0. The predicted molar refractivity (Wildman–Crippen MR) is 122 cm³/mol. The van der Waals surface area contributed by atoms with Gasteiger partial charge < -0.3 is 20.5 Å². The molecule has 0 amide bonds.